The SMILES string of the molecule is Cc1cc(C)n(-c2nnc(SC(C)C(=O)N(C)Cc3ccccc3)n2N)n1. The van der Waals surface area contributed by atoms with Gasteiger partial charge in [-0.25, -0.2) is 9.36 Å². The first-order chi connectivity index (χ1) is 12.9. The van der Waals surface area contributed by atoms with Gasteiger partial charge in [0, 0.05) is 19.3 Å². The highest BCUT2D eigenvalue weighted by Crippen LogP contribution is 2.23. The van der Waals surface area contributed by atoms with E-state index in [2.05, 4.69) is 15.3 Å². The van der Waals surface area contributed by atoms with Crippen molar-refractivity contribution in [1.29, 1.82) is 0 Å². The lowest BCUT2D eigenvalue weighted by Gasteiger charge is -2.20. The lowest BCUT2D eigenvalue weighted by molar-refractivity contribution is -0.129. The molecule has 0 bridgehead atoms. The van der Waals surface area contributed by atoms with Gasteiger partial charge in [0.05, 0.1) is 10.9 Å². The van der Waals surface area contributed by atoms with Crippen LogP contribution < -0.4 is 5.84 Å². The number of nitrogens with two attached hydrogens (primary N) is 1. The van der Waals surface area contributed by atoms with Crippen molar-refractivity contribution in [3.63, 3.8) is 0 Å². The quantitative estimate of drug-likeness (QED) is 0.515. The Morgan fingerprint density at radius 3 is 2.59 bits per heavy atom. The van der Waals surface area contributed by atoms with E-state index in [0.717, 1.165) is 17.0 Å². The monoisotopic (exact) mass is 385 g/mol. The fourth-order valence-corrected chi connectivity index (χ4v) is 3.66. The largest absolute Gasteiger partial charge is 0.340 e. The number of nitrogen functional groups attached to an aromatic ring is 1. The number of amides is 1. The maximum absolute atomic E-state index is 12.7. The fraction of sp³-hybridized carbons (Fsp3) is 0.333. The number of aromatic nitrogens is 5. The number of carbonyl (C=O) groups excluding carboxylic acids is 1. The van der Waals surface area contributed by atoms with Crippen LogP contribution in [0.5, 0.6) is 0 Å². The molecule has 27 heavy (non-hydrogen) atoms. The number of hydrogen-bond donors (Lipinski definition) is 1. The summed E-state index contributed by atoms with van der Waals surface area (Å²) >= 11 is 1.28. The lowest BCUT2D eigenvalue weighted by Crippen LogP contribution is -2.33. The summed E-state index contributed by atoms with van der Waals surface area (Å²) in [6, 6.07) is 11.8. The topological polar surface area (TPSA) is 94.9 Å². The molecule has 1 atom stereocenters. The first-order valence-electron chi connectivity index (χ1n) is 8.56. The van der Waals surface area contributed by atoms with E-state index >= 15 is 0 Å². The maximum Gasteiger partial charge on any atom is 0.271 e. The predicted octanol–water partition coefficient (Wildman–Crippen LogP) is 1.93. The number of nitrogens with zero attached hydrogens (tertiary/aromatic N) is 6. The summed E-state index contributed by atoms with van der Waals surface area (Å²) in [6.07, 6.45) is 0. The van der Waals surface area contributed by atoms with Gasteiger partial charge in [0.2, 0.25) is 11.1 Å². The average Bonchev–Trinajstić information content (AvgIpc) is 3.16. The second kappa shape index (κ2) is 7.83. The third-order valence-corrected chi connectivity index (χ3v) is 5.16. The van der Waals surface area contributed by atoms with Gasteiger partial charge in [-0.1, -0.05) is 42.1 Å². The highest BCUT2D eigenvalue weighted by Gasteiger charge is 2.23. The highest BCUT2D eigenvalue weighted by molar-refractivity contribution is 8.00. The van der Waals surface area contributed by atoms with Crippen LogP contribution in [0.1, 0.15) is 23.9 Å². The van der Waals surface area contributed by atoms with Crippen molar-refractivity contribution in [2.75, 3.05) is 12.9 Å². The molecule has 2 heterocycles. The van der Waals surface area contributed by atoms with Crippen molar-refractivity contribution in [2.45, 2.75) is 37.7 Å². The molecule has 3 rings (SSSR count). The van der Waals surface area contributed by atoms with Crippen LogP contribution in [0.2, 0.25) is 0 Å². The molecule has 9 heteroatoms. The molecule has 0 fully saturated rings. The van der Waals surface area contributed by atoms with Crippen LogP contribution in [-0.2, 0) is 11.3 Å². The zero-order valence-corrected chi connectivity index (χ0v) is 16.6. The molecule has 0 saturated heterocycles. The van der Waals surface area contributed by atoms with Gasteiger partial charge >= 0.3 is 0 Å². The number of carbonyl (C=O) groups is 1. The standard InChI is InChI=1S/C18H23N7OS/c1-12-10-13(2)25(22-12)17-20-21-18(24(17)19)27-14(3)16(26)23(4)11-15-8-6-5-7-9-15/h5-10,14H,11,19H2,1-4H3. The highest BCUT2D eigenvalue weighted by atomic mass is 32.2. The summed E-state index contributed by atoms with van der Waals surface area (Å²) in [5, 5.41) is 12.7. The smallest absolute Gasteiger partial charge is 0.271 e. The zero-order valence-electron chi connectivity index (χ0n) is 15.8. The van der Waals surface area contributed by atoms with Gasteiger partial charge in [0.1, 0.15) is 0 Å². The van der Waals surface area contributed by atoms with Crippen molar-refractivity contribution < 1.29 is 4.79 Å². The molecule has 0 radical (unpaired) electrons. The third-order valence-electron chi connectivity index (χ3n) is 4.11. The third kappa shape index (κ3) is 4.13. The average molecular weight is 385 g/mol. The Bertz CT molecular complexity index is 935. The number of rotatable bonds is 6. The molecular weight excluding hydrogens is 362 g/mol. The maximum atomic E-state index is 12.7. The molecule has 1 unspecified atom stereocenters. The van der Waals surface area contributed by atoms with Crippen LogP contribution in [0.4, 0.5) is 0 Å². The van der Waals surface area contributed by atoms with Crippen molar-refractivity contribution in [3.8, 4) is 5.95 Å². The predicted molar refractivity (Wildman–Crippen MR) is 105 cm³/mol. The molecule has 0 aliphatic heterocycles. The summed E-state index contributed by atoms with van der Waals surface area (Å²) in [5.74, 6) is 6.56. The summed E-state index contributed by atoms with van der Waals surface area (Å²) in [4.78, 5) is 14.4. The summed E-state index contributed by atoms with van der Waals surface area (Å²) in [5.41, 5.74) is 2.87. The number of benzene rings is 1. The molecule has 1 amide bonds. The van der Waals surface area contributed by atoms with Crippen LogP contribution in [-0.4, -0.2) is 47.8 Å². The Kier molecular flexibility index (Phi) is 5.50. The Labute approximate surface area is 162 Å². The van der Waals surface area contributed by atoms with Crippen molar-refractivity contribution in [2.24, 2.45) is 0 Å². The Morgan fingerprint density at radius 1 is 1.26 bits per heavy atom. The van der Waals surface area contributed by atoms with Gasteiger partial charge in [0.15, 0.2) is 0 Å². The van der Waals surface area contributed by atoms with Crippen LogP contribution >= 0.6 is 11.8 Å². The Balaban J connectivity index is 1.70. The minimum absolute atomic E-state index is 0.000447. The van der Waals surface area contributed by atoms with Crippen LogP contribution in [0, 0.1) is 13.8 Å². The zero-order chi connectivity index (χ0) is 19.6. The molecule has 0 spiro atoms. The number of aryl methyl sites for hydroxylation is 2. The minimum atomic E-state index is -0.349. The Morgan fingerprint density at radius 2 is 1.96 bits per heavy atom. The van der Waals surface area contributed by atoms with E-state index in [1.165, 1.54) is 16.4 Å². The number of hydrogen-bond acceptors (Lipinski definition) is 6. The molecule has 3 aromatic rings. The molecule has 1 aromatic carbocycles. The molecule has 0 aliphatic rings. The van der Waals surface area contributed by atoms with Gasteiger partial charge < -0.3 is 10.7 Å². The van der Waals surface area contributed by atoms with Crippen LogP contribution in [0.15, 0.2) is 41.6 Å². The van der Waals surface area contributed by atoms with E-state index in [1.807, 2.05) is 57.2 Å². The van der Waals surface area contributed by atoms with Gasteiger partial charge in [0.25, 0.3) is 5.95 Å². The molecule has 2 N–H and O–H groups in total. The fourth-order valence-electron chi connectivity index (χ4n) is 2.78. The molecule has 8 nitrogen and oxygen atoms in total. The van der Waals surface area contributed by atoms with Gasteiger partial charge in [-0.15, -0.1) is 10.2 Å². The van der Waals surface area contributed by atoms with Gasteiger partial charge in [-0.3, -0.25) is 4.79 Å². The van der Waals surface area contributed by atoms with Crippen molar-refractivity contribution in [1.82, 2.24) is 29.6 Å². The van der Waals surface area contributed by atoms with Crippen LogP contribution in [0.3, 0.4) is 0 Å². The van der Waals surface area contributed by atoms with Crippen molar-refractivity contribution in [3.05, 3.63) is 53.3 Å². The lowest BCUT2D eigenvalue weighted by atomic mass is 10.2. The van der Waals surface area contributed by atoms with Gasteiger partial charge in [-0.2, -0.15) is 5.10 Å². The van der Waals surface area contributed by atoms with Gasteiger partial charge in [-0.05, 0) is 32.4 Å². The minimum Gasteiger partial charge on any atom is -0.340 e. The second-order valence-corrected chi connectivity index (χ2v) is 7.74. The van der Waals surface area contributed by atoms with Crippen molar-refractivity contribution >= 4 is 17.7 Å². The first kappa shape index (κ1) is 19.0. The molecule has 0 aliphatic carbocycles. The van der Waals surface area contributed by atoms with Crippen LogP contribution in [0.25, 0.3) is 5.95 Å². The summed E-state index contributed by atoms with van der Waals surface area (Å²) < 4.78 is 3.01. The van der Waals surface area contributed by atoms with E-state index in [4.69, 9.17) is 5.84 Å². The summed E-state index contributed by atoms with van der Waals surface area (Å²) in [6.45, 7) is 6.22. The van der Waals surface area contributed by atoms with E-state index < -0.39 is 0 Å². The van der Waals surface area contributed by atoms with E-state index in [9.17, 15) is 4.79 Å². The normalized spacial score (nSPS) is 12.1. The molecule has 142 valence electrons. The van der Waals surface area contributed by atoms with E-state index in [1.54, 1.807) is 16.6 Å². The van der Waals surface area contributed by atoms with E-state index in [0.29, 0.717) is 17.6 Å². The second-order valence-electron chi connectivity index (χ2n) is 6.43. The molecule has 2 aromatic heterocycles. The molecular formula is C18H23N7OS. The molecule has 0 saturated carbocycles. The summed E-state index contributed by atoms with van der Waals surface area (Å²) in [7, 11) is 1.79. The Hall–Kier alpha value is -2.81. The van der Waals surface area contributed by atoms with E-state index in [-0.39, 0.29) is 11.2 Å². The first-order valence-corrected chi connectivity index (χ1v) is 9.44. The number of thioether (sulfide) groups is 1.